The van der Waals surface area contributed by atoms with Crippen LogP contribution in [0.3, 0.4) is 0 Å². The first kappa shape index (κ1) is 16.1. The maximum absolute atomic E-state index is 12.1. The molecule has 3 nitrogen and oxygen atoms in total. The van der Waals surface area contributed by atoms with Crippen LogP contribution in [0.2, 0.25) is 10.0 Å². The van der Waals surface area contributed by atoms with Gasteiger partial charge in [0.1, 0.15) is 5.75 Å². The molecule has 0 aliphatic heterocycles. The zero-order chi connectivity index (χ0) is 15.4. The van der Waals surface area contributed by atoms with Crippen molar-refractivity contribution < 1.29 is 9.53 Å². The van der Waals surface area contributed by atoms with Crippen LogP contribution in [-0.2, 0) is 4.79 Å². The summed E-state index contributed by atoms with van der Waals surface area (Å²) in [5.41, 5.74) is 0.496. The quantitative estimate of drug-likeness (QED) is 0.785. The molecule has 0 heterocycles. The summed E-state index contributed by atoms with van der Waals surface area (Å²) < 4.78 is 6.46. The van der Waals surface area contributed by atoms with Crippen molar-refractivity contribution in [3.8, 4) is 5.75 Å². The predicted molar refractivity (Wildman–Crippen MR) is 89.3 cm³/mol. The lowest BCUT2D eigenvalue weighted by molar-refractivity contribution is -0.122. The van der Waals surface area contributed by atoms with Gasteiger partial charge in [-0.15, -0.1) is 0 Å². The van der Waals surface area contributed by atoms with E-state index < -0.39 is 6.10 Å². The van der Waals surface area contributed by atoms with E-state index in [1.165, 1.54) is 0 Å². The summed E-state index contributed by atoms with van der Waals surface area (Å²) in [5, 5.41) is 3.60. The SMILES string of the molecule is CC(Oc1cccc(Br)c1)C(=O)Nc1ccc(Cl)cc1Cl. The number of carbonyl (C=O) groups is 1. The topological polar surface area (TPSA) is 38.3 Å². The Balaban J connectivity index is 2.02. The summed E-state index contributed by atoms with van der Waals surface area (Å²) >= 11 is 15.2. The van der Waals surface area contributed by atoms with Gasteiger partial charge in [0.05, 0.1) is 10.7 Å². The van der Waals surface area contributed by atoms with Crippen molar-refractivity contribution in [2.75, 3.05) is 5.32 Å². The zero-order valence-electron chi connectivity index (χ0n) is 11.1. The molecule has 0 radical (unpaired) electrons. The van der Waals surface area contributed by atoms with Gasteiger partial charge in [-0.1, -0.05) is 45.2 Å². The van der Waals surface area contributed by atoms with E-state index in [0.29, 0.717) is 21.5 Å². The highest BCUT2D eigenvalue weighted by atomic mass is 79.9. The summed E-state index contributed by atoms with van der Waals surface area (Å²) in [4.78, 5) is 12.1. The van der Waals surface area contributed by atoms with Gasteiger partial charge in [0.2, 0.25) is 0 Å². The maximum Gasteiger partial charge on any atom is 0.265 e. The summed E-state index contributed by atoms with van der Waals surface area (Å²) in [6.07, 6.45) is -0.661. The van der Waals surface area contributed by atoms with Crippen LogP contribution in [-0.4, -0.2) is 12.0 Å². The Bertz CT molecular complexity index is 664. The number of hydrogen-bond donors (Lipinski definition) is 1. The van der Waals surface area contributed by atoms with E-state index in [1.807, 2.05) is 12.1 Å². The average molecular weight is 389 g/mol. The van der Waals surface area contributed by atoms with Gasteiger partial charge < -0.3 is 10.1 Å². The number of amides is 1. The molecule has 0 aliphatic carbocycles. The fraction of sp³-hybridized carbons (Fsp3) is 0.133. The smallest absolute Gasteiger partial charge is 0.265 e. The first-order chi connectivity index (χ1) is 9.95. The molecule has 0 saturated carbocycles. The van der Waals surface area contributed by atoms with Gasteiger partial charge in [0.15, 0.2) is 6.10 Å². The Labute approximate surface area is 141 Å². The summed E-state index contributed by atoms with van der Waals surface area (Å²) in [7, 11) is 0. The number of carbonyl (C=O) groups excluding carboxylic acids is 1. The van der Waals surface area contributed by atoms with Crippen molar-refractivity contribution in [3.63, 3.8) is 0 Å². The van der Waals surface area contributed by atoms with Gasteiger partial charge in [0, 0.05) is 9.50 Å². The lowest BCUT2D eigenvalue weighted by Crippen LogP contribution is -2.30. The second-order valence-electron chi connectivity index (χ2n) is 4.33. The molecule has 0 aliphatic rings. The lowest BCUT2D eigenvalue weighted by atomic mass is 10.3. The lowest BCUT2D eigenvalue weighted by Gasteiger charge is -2.15. The molecular formula is C15H12BrCl2NO2. The van der Waals surface area contributed by atoms with E-state index in [4.69, 9.17) is 27.9 Å². The van der Waals surface area contributed by atoms with E-state index >= 15 is 0 Å². The van der Waals surface area contributed by atoms with E-state index in [0.717, 1.165) is 4.47 Å². The molecular weight excluding hydrogens is 377 g/mol. The molecule has 1 atom stereocenters. The van der Waals surface area contributed by atoms with E-state index in [2.05, 4.69) is 21.2 Å². The van der Waals surface area contributed by atoms with Gasteiger partial charge in [-0.25, -0.2) is 0 Å². The third-order valence-corrected chi connectivity index (χ3v) is 3.71. The van der Waals surface area contributed by atoms with E-state index in [-0.39, 0.29) is 5.91 Å². The monoisotopic (exact) mass is 387 g/mol. The first-order valence-corrected chi connectivity index (χ1v) is 7.69. The van der Waals surface area contributed by atoms with E-state index in [9.17, 15) is 4.79 Å². The standard InChI is InChI=1S/C15H12BrCl2NO2/c1-9(21-12-4-2-3-10(16)7-12)15(20)19-14-6-5-11(17)8-13(14)18/h2-9H,1H3,(H,19,20). The van der Waals surface area contributed by atoms with Crippen LogP contribution in [0.15, 0.2) is 46.9 Å². The summed E-state index contributed by atoms with van der Waals surface area (Å²) in [6.45, 7) is 1.67. The number of nitrogens with one attached hydrogen (secondary N) is 1. The van der Waals surface area contributed by atoms with E-state index in [1.54, 1.807) is 37.3 Å². The minimum Gasteiger partial charge on any atom is -0.481 e. The molecule has 0 spiro atoms. The Morgan fingerprint density at radius 3 is 2.67 bits per heavy atom. The third-order valence-electron chi connectivity index (χ3n) is 2.67. The number of hydrogen-bond acceptors (Lipinski definition) is 2. The fourth-order valence-electron chi connectivity index (χ4n) is 1.62. The largest absolute Gasteiger partial charge is 0.481 e. The van der Waals surface area contributed by atoms with Crippen molar-refractivity contribution in [3.05, 3.63) is 57.0 Å². The Kier molecular flexibility index (Phi) is 5.51. The average Bonchev–Trinajstić information content (AvgIpc) is 2.41. The first-order valence-electron chi connectivity index (χ1n) is 6.14. The normalized spacial score (nSPS) is 11.8. The summed E-state index contributed by atoms with van der Waals surface area (Å²) in [5.74, 6) is 0.313. The zero-order valence-corrected chi connectivity index (χ0v) is 14.2. The molecule has 1 unspecified atom stereocenters. The van der Waals surface area contributed by atoms with Crippen molar-refractivity contribution in [1.82, 2.24) is 0 Å². The highest BCUT2D eigenvalue weighted by Crippen LogP contribution is 2.26. The Morgan fingerprint density at radius 1 is 1.24 bits per heavy atom. The molecule has 2 aromatic rings. The van der Waals surface area contributed by atoms with Crippen molar-refractivity contribution in [2.24, 2.45) is 0 Å². The molecule has 2 rings (SSSR count). The highest BCUT2D eigenvalue weighted by Gasteiger charge is 2.16. The van der Waals surface area contributed by atoms with Crippen LogP contribution in [0.25, 0.3) is 0 Å². The van der Waals surface area contributed by atoms with Crippen molar-refractivity contribution >= 4 is 50.7 Å². The van der Waals surface area contributed by atoms with Gasteiger partial charge in [-0.05, 0) is 43.3 Å². The highest BCUT2D eigenvalue weighted by molar-refractivity contribution is 9.10. The Hall–Kier alpha value is -1.23. The minimum absolute atomic E-state index is 0.292. The fourth-order valence-corrected chi connectivity index (χ4v) is 2.46. The molecule has 1 N–H and O–H groups in total. The number of ether oxygens (including phenoxy) is 1. The van der Waals surface area contributed by atoms with Crippen LogP contribution >= 0.6 is 39.1 Å². The van der Waals surface area contributed by atoms with Gasteiger partial charge in [0.25, 0.3) is 5.91 Å². The van der Waals surface area contributed by atoms with Crippen LogP contribution in [0.1, 0.15) is 6.92 Å². The second-order valence-corrected chi connectivity index (χ2v) is 6.09. The number of halogens is 3. The number of benzene rings is 2. The van der Waals surface area contributed by atoms with Crippen molar-refractivity contribution in [2.45, 2.75) is 13.0 Å². The summed E-state index contributed by atoms with van der Waals surface area (Å²) in [6, 6.07) is 12.2. The number of rotatable bonds is 4. The van der Waals surface area contributed by atoms with Gasteiger partial charge in [-0.2, -0.15) is 0 Å². The molecule has 6 heteroatoms. The molecule has 2 aromatic carbocycles. The minimum atomic E-state index is -0.661. The molecule has 0 fully saturated rings. The van der Waals surface area contributed by atoms with Gasteiger partial charge >= 0.3 is 0 Å². The van der Waals surface area contributed by atoms with Gasteiger partial charge in [-0.3, -0.25) is 4.79 Å². The van der Waals surface area contributed by atoms with Crippen LogP contribution in [0.4, 0.5) is 5.69 Å². The predicted octanol–water partition coefficient (Wildman–Crippen LogP) is 5.16. The number of anilines is 1. The molecule has 0 saturated heterocycles. The second kappa shape index (κ2) is 7.16. The molecule has 0 aromatic heterocycles. The third kappa shape index (κ3) is 4.63. The van der Waals surface area contributed by atoms with Crippen LogP contribution < -0.4 is 10.1 Å². The maximum atomic E-state index is 12.1. The molecule has 21 heavy (non-hydrogen) atoms. The van der Waals surface area contributed by atoms with Crippen LogP contribution in [0, 0.1) is 0 Å². The Morgan fingerprint density at radius 2 is 2.00 bits per heavy atom. The molecule has 1 amide bonds. The molecule has 0 bridgehead atoms. The van der Waals surface area contributed by atoms with Crippen molar-refractivity contribution in [1.29, 1.82) is 0 Å². The van der Waals surface area contributed by atoms with Crippen LogP contribution in [0.5, 0.6) is 5.75 Å². The molecule has 110 valence electrons.